The van der Waals surface area contributed by atoms with Crippen LogP contribution in [0.1, 0.15) is 16.1 Å². The summed E-state index contributed by atoms with van der Waals surface area (Å²) in [7, 11) is 1.37. The number of methoxy groups -OCH3 is 1. The molecule has 0 bridgehead atoms. The molecule has 0 aliphatic carbocycles. The second-order valence-electron chi connectivity index (χ2n) is 4.76. The number of nitrogens with zero attached hydrogens (tertiary/aromatic N) is 4. The molecule has 3 rings (SSSR count). The van der Waals surface area contributed by atoms with Gasteiger partial charge in [0.25, 0.3) is 0 Å². The molecule has 0 atom stereocenters. The SMILES string of the molecule is COc1ccc(C(=O)CSc2nnnn2Cc2ccco2)cc1F. The zero-order chi connectivity index (χ0) is 16.9. The Morgan fingerprint density at radius 3 is 3.00 bits per heavy atom. The molecule has 0 N–H and O–H groups in total. The molecule has 3 aromatic rings. The van der Waals surface area contributed by atoms with Gasteiger partial charge in [-0.3, -0.25) is 4.79 Å². The molecule has 0 saturated heterocycles. The third-order valence-corrected chi connectivity index (χ3v) is 4.15. The fraction of sp³-hybridized carbons (Fsp3) is 0.200. The summed E-state index contributed by atoms with van der Waals surface area (Å²) in [5.74, 6) is 0.0870. The first-order valence-corrected chi connectivity index (χ1v) is 7.94. The summed E-state index contributed by atoms with van der Waals surface area (Å²) in [4.78, 5) is 12.2. The molecule has 0 aliphatic heterocycles. The van der Waals surface area contributed by atoms with Gasteiger partial charge in [0.1, 0.15) is 12.3 Å². The van der Waals surface area contributed by atoms with Gasteiger partial charge >= 0.3 is 0 Å². The predicted octanol–water partition coefficient (Wildman–Crippen LogP) is 2.44. The average molecular weight is 348 g/mol. The minimum atomic E-state index is -0.573. The summed E-state index contributed by atoms with van der Waals surface area (Å²) >= 11 is 1.18. The van der Waals surface area contributed by atoms with Crippen molar-refractivity contribution in [1.29, 1.82) is 0 Å². The lowest BCUT2D eigenvalue weighted by Gasteiger charge is -2.05. The number of aromatic nitrogens is 4. The lowest BCUT2D eigenvalue weighted by molar-refractivity contribution is 0.102. The molecule has 2 aromatic heterocycles. The fourth-order valence-corrected chi connectivity index (χ4v) is 2.77. The Balaban J connectivity index is 1.64. The highest BCUT2D eigenvalue weighted by molar-refractivity contribution is 7.99. The first-order valence-electron chi connectivity index (χ1n) is 6.95. The molecule has 2 heterocycles. The maximum atomic E-state index is 13.7. The second-order valence-corrected chi connectivity index (χ2v) is 5.70. The summed E-state index contributed by atoms with van der Waals surface area (Å²) in [5.41, 5.74) is 0.269. The summed E-state index contributed by atoms with van der Waals surface area (Å²) in [5, 5.41) is 11.8. The lowest BCUT2D eigenvalue weighted by Crippen LogP contribution is -2.07. The summed E-state index contributed by atoms with van der Waals surface area (Å²) < 4.78 is 25.3. The van der Waals surface area contributed by atoms with Crippen molar-refractivity contribution in [2.75, 3.05) is 12.9 Å². The van der Waals surface area contributed by atoms with Crippen molar-refractivity contribution < 1.29 is 18.3 Å². The highest BCUT2D eigenvalue weighted by atomic mass is 32.2. The molecule has 9 heteroatoms. The Labute approximate surface area is 140 Å². The Kier molecular flexibility index (Phi) is 4.90. The number of carbonyl (C=O) groups excluding carboxylic acids is 1. The van der Waals surface area contributed by atoms with E-state index >= 15 is 0 Å². The van der Waals surface area contributed by atoms with E-state index in [1.165, 1.54) is 35.7 Å². The van der Waals surface area contributed by atoms with Gasteiger partial charge in [0.15, 0.2) is 17.3 Å². The molecule has 0 fully saturated rings. The van der Waals surface area contributed by atoms with E-state index < -0.39 is 5.82 Å². The Morgan fingerprint density at radius 2 is 2.29 bits per heavy atom. The maximum absolute atomic E-state index is 13.7. The second kappa shape index (κ2) is 7.26. The molecule has 0 amide bonds. The molecule has 124 valence electrons. The predicted molar refractivity (Wildman–Crippen MR) is 83.6 cm³/mol. The van der Waals surface area contributed by atoms with E-state index in [1.54, 1.807) is 18.4 Å². The highest BCUT2D eigenvalue weighted by Crippen LogP contribution is 2.21. The van der Waals surface area contributed by atoms with Crippen LogP contribution >= 0.6 is 11.8 Å². The number of ketones is 1. The van der Waals surface area contributed by atoms with Crippen molar-refractivity contribution in [2.24, 2.45) is 0 Å². The minimum absolute atomic E-state index is 0.0876. The number of benzene rings is 1. The number of hydrogen-bond acceptors (Lipinski definition) is 7. The summed E-state index contributed by atoms with van der Waals surface area (Å²) in [6.07, 6.45) is 1.56. The average Bonchev–Trinajstić information content (AvgIpc) is 3.25. The molecular formula is C15H13FN4O3S. The van der Waals surface area contributed by atoms with Crippen LogP contribution in [0.5, 0.6) is 5.75 Å². The quantitative estimate of drug-likeness (QED) is 0.479. The van der Waals surface area contributed by atoms with Crippen molar-refractivity contribution in [3.8, 4) is 5.75 Å². The number of carbonyl (C=O) groups is 1. The molecule has 0 radical (unpaired) electrons. The van der Waals surface area contributed by atoms with Gasteiger partial charge in [0.05, 0.1) is 19.1 Å². The largest absolute Gasteiger partial charge is 0.494 e. The van der Waals surface area contributed by atoms with E-state index in [-0.39, 0.29) is 22.8 Å². The molecule has 0 saturated carbocycles. The van der Waals surface area contributed by atoms with E-state index in [0.29, 0.717) is 17.5 Å². The smallest absolute Gasteiger partial charge is 0.210 e. The lowest BCUT2D eigenvalue weighted by atomic mass is 10.1. The van der Waals surface area contributed by atoms with Gasteiger partial charge in [0, 0.05) is 5.56 Å². The van der Waals surface area contributed by atoms with Crippen LogP contribution in [0.15, 0.2) is 46.2 Å². The van der Waals surface area contributed by atoms with Crippen molar-refractivity contribution >= 4 is 17.5 Å². The number of Topliss-reactive ketones (excluding diaryl/α,β-unsaturated/α-hetero) is 1. The Hall–Kier alpha value is -2.68. The first-order chi connectivity index (χ1) is 11.7. The molecule has 1 aromatic carbocycles. The molecule has 0 unspecified atom stereocenters. The van der Waals surface area contributed by atoms with Crippen LogP contribution in [0.3, 0.4) is 0 Å². The van der Waals surface area contributed by atoms with Gasteiger partial charge in [-0.25, -0.2) is 9.07 Å². The van der Waals surface area contributed by atoms with Gasteiger partial charge in [-0.1, -0.05) is 11.8 Å². The number of thioether (sulfide) groups is 1. The number of furan rings is 1. The number of hydrogen-bond donors (Lipinski definition) is 0. The third-order valence-electron chi connectivity index (χ3n) is 3.19. The van der Waals surface area contributed by atoms with Crippen molar-refractivity contribution in [2.45, 2.75) is 11.7 Å². The van der Waals surface area contributed by atoms with E-state index in [2.05, 4.69) is 15.5 Å². The normalized spacial score (nSPS) is 10.8. The monoisotopic (exact) mass is 348 g/mol. The summed E-state index contributed by atoms with van der Waals surface area (Å²) in [6.45, 7) is 0.369. The zero-order valence-electron chi connectivity index (χ0n) is 12.7. The minimum Gasteiger partial charge on any atom is -0.494 e. The van der Waals surface area contributed by atoms with E-state index in [4.69, 9.17) is 9.15 Å². The zero-order valence-corrected chi connectivity index (χ0v) is 13.5. The molecule has 24 heavy (non-hydrogen) atoms. The third kappa shape index (κ3) is 3.62. The van der Waals surface area contributed by atoms with E-state index in [1.807, 2.05) is 0 Å². The van der Waals surface area contributed by atoms with Crippen molar-refractivity contribution in [3.63, 3.8) is 0 Å². The van der Waals surface area contributed by atoms with Gasteiger partial charge < -0.3 is 9.15 Å². The number of ether oxygens (including phenoxy) is 1. The van der Waals surface area contributed by atoms with Crippen LogP contribution in [0.2, 0.25) is 0 Å². The van der Waals surface area contributed by atoms with Gasteiger partial charge in [0.2, 0.25) is 5.16 Å². The number of rotatable bonds is 7. The first kappa shape index (κ1) is 16.2. The topological polar surface area (TPSA) is 83.0 Å². The standard InChI is InChI=1S/C15H13FN4O3S/c1-22-14-5-4-10(7-12(14)16)13(21)9-24-15-17-18-19-20(15)8-11-3-2-6-23-11/h2-7H,8-9H2,1H3. The van der Waals surface area contributed by atoms with Crippen LogP contribution in [0.4, 0.5) is 4.39 Å². The van der Waals surface area contributed by atoms with Crippen molar-refractivity contribution in [1.82, 2.24) is 20.2 Å². The Bertz CT molecular complexity index is 835. The maximum Gasteiger partial charge on any atom is 0.210 e. The van der Waals surface area contributed by atoms with E-state index in [0.717, 1.165) is 6.07 Å². The Morgan fingerprint density at radius 1 is 1.42 bits per heavy atom. The number of halogens is 1. The molecule has 7 nitrogen and oxygen atoms in total. The van der Waals surface area contributed by atoms with Crippen LogP contribution in [-0.2, 0) is 6.54 Å². The number of tetrazole rings is 1. The van der Waals surface area contributed by atoms with E-state index in [9.17, 15) is 9.18 Å². The summed E-state index contributed by atoms with van der Waals surface area (Å²) in [6, 6.07) is 7.69. The molecule has 0 aliphatic rings. The highest BCUT2D eigenvalue weighted by Gasteiger charge is 2.14. The van der Waals surface area contributed by atoms with Crippen LogP contribution < -0.4 is 4.74 Å². The van der Waals surface area contributed by atoms with Crippen LogP contribution in [0, 0.1) is 5.82 Å². The molecule has 0 spiro atoms. The van der Waals surface area contributed by atoms with Gasteiger partial charge in [-0.2, -0.15) is 0 Å². The van der Waals surface area contributed by atoms with Gasteiger partial charge in [-0.05, 0) is 40.8 Å². The fourth-order valence-electron chi connectivity index (χ4n) is 2.00. The molecular weight excluding hydrogens is 335 g/mol. The van der Waals surface area contributed by atoms with Crippen LogP contribution in [0.25, 0.3) is 0 Å². The van der Waals surface area contributed by atoms with Crippen LogP contribution in [-0.4, -0.2) is 38.9 Å². The van der Waals surface area contributed by atoms with Gasteiger partial charge in [-0.15, -0.1) is 5.10 Å². The van der Waals surface area contributed by atoms with Crippen molar-refractivity contribution in [3.05, 3.63) is 53.7 Å².